The van der Waals surface area contributed by atoms with Crippen LogP contribution in [-0.2, 0) is 0 Å². The molecule has 152 valence electrons. The Hall–Kier alpha value is -2.95. The van der Waals surface area contributed by atoms with Gasteiger partial charge in [0.2, 0.25) is 0 Å². The van der Waals surface area contributed by atoms with Crippen LogP contribution in [0.3, 0.4) is 0 Å². The van der Waals surface area contributed by atoms with Crippen LogP contribution in [-0.4, -0.2) is 24.2 Å². The van der Waals surface area contributed by atoms with Gasteiger partial charge in [-0.05, 0) is 67.1 Å². The summed E-state index contributed by atoms with van der Waals surface area (Å²) in [4.78, 5) is 12.6. The zero-order chi connectivity index (χ0) is 20.5. The number of nitrogens with one attached hydrogen (secondary N) is 2. The number of methoxy groups -OCH3 is 1. The second-order valence-corrected chi connectivity index (χ2v) is 7.99. The van der Waals surface area contributed by atoms with Gasteiger partial charge in [-0.2, -0.15) is 0 Å². The molecule has 3 N–H and O–H groups in total. The molecule has 1 aliphatic heterocycles. The summed E-state index contributed by atoms with van der Waals surface area (Å²) < 4.78 is 5.30. The lowest BCUT2D eigenvalue weighted by Crippen LogP contribution is -2.33. The number of fused-ring (bicyclic) bond motifs is 3. The lowest BCUT2D eigenvalue weighted by Gasteiger charge is -2.38. The van der Waals surface area contributed by atoms with E-state index in [9.17, 15) is 9.90 Å². The van der Waals surface area contributed by atoms with Gasteiger partial charge in [-0.3, -0.25) is 4.79 Å². The third kappa shape index (κ3) is 3.57. The molecule has 5 heteroatoms. The van der Waals surface area contributed by atoms with Crippen LogP contribution in [0.25, 0.3) is 0 Å². The Balaban J connectivity index is 1.66. The molecule has 0 saturated carbocycles. The summed E-state index contributed by atoms with van der Waals surface area (Å²) in [5.41, 5.74) is 4.01. The molecule has 0 spiro atoms. The zero-order valence-electron chi connectivity index (χ0n) is 17.1. The van der Waals surface area contributed by atoms with Crippen LogP contribution in [0.5, 0.6) is 11.5 Å². The molecule has 0 bridgehead atoms. The van der Waals surface area contributed by atoms with Gasteiger partial charge in [0, 0.05) is 23.2 Å². The first kappa shape index (κ1) is 19.4. The minimum Gasteiger partial charge on any atom is -0.504 e. The van der Waals surface area contributed by atoms with Crippen molar-refractivity contribution in [2.45, 2.75) is 44.7 Å². The van der Waals surface area contributed by atoms with Crippen LogP contribution in [0.15, 0.2) is 48.6 Å². The van der Waals surface area contributed by atoms with Gasteiger partial charge in [-0.25, -0.2) is 0 Å². The van der Waals surface area contributed by atoms with Crippen molar-refractivity contribution in [1.29, 1.82) is 0 Å². The number of carbonyl (C=O) groups is 1. The maximum absolute atomic E-state index is 12.6. The van der Waals surface area contributed by atoms with E-state index in [4.69, 9.17) is 4.74 Å². The number of hydrogen-bond acceptors (Lipinski definition) is 4. The van der Waals surface area contributed by atoms with E-state index in [-0.39, 0.29) is 29.7 Å². The first-order chi connectivity index (χ1) is 14.0. The molecule has 29 heavy (non-hydrogen) atoms. The molecule has 0 radical (unpaired) electrons. The second-order valence-electron chi connectivity index (χ2n) is 7.99. The van der Waals surface area contributed by atoms with Gasteiger partial charge in [-0.15, -0.1) is 0 Å². The fraction of sp³-hybridized carbons (Fsp3) is 0.375. The SMILES string of the molecule is CCC(C)NC(=O)c1ccc2c(c1)C1C=CCC1C(c1ccc(O)c(OC)c1)N2. The van der Waals surface area contributed by atoms with Crippen molar-refractivity contribution < 1.29 is 14.6 Å². The van der Waals surface area contributed by atoms with Crippen molar-refractivity contribution in [2.24, 2.45) is 5.92 Å². The number of hydrogen-bond donors (Lipinski definition) is 3. The van der Waals surface area contributed by atoms with Gasteiger partial charge in [0.1, 0.15) is 0 Å². The molecule has 0 aromatic heterocycles. The fourth-order valence-electron chi connectivity index (χ4n) is 4.36. The van der Waals surface area contributed by atoms with E-state index >= 15 is 0 Å². The van der Waals surface area contributed by atoms with Crippen LogP contribution < -0.4 is 15.4 Å². The normalized spacial score (nSPS) is 22.9. The van der Waals surface area contributed by atoms with Crippen molar-refractivity contribution in [3.8, 4) is 11.5 Å². The zero-order valence-corrected chi connectivity index (χ0v) is 17.1. The number of carbonyl (C=O) groups excluding carboxylic acids is 1. The van der Waals surface area contributed by atoms with Crippen LogP contribution in [0, 0.1) is 5.92 Å². The van der Waals surface area contributed by atoms with Gasteiger partial charge < -0.3 is 20.5 Å². The van der Waals surface area contributed by atoms with E-state index in [0.717, 1.165) is 24.1 Å². The molecule has 0 fully saturated rings. The van der Waals surface area contributed by atoms with Crippen molar-refractivity contribution in [3.63, 3.8) is 0 Å². The van der Waals surface area contributed by atoms with E-state index in [1.165, 1.54) is 5.56 Å². The minimum atomic E-state index is -0.0222. The number of phenolic OH excluding ortho intramolecular Hbond substituents is 1. The van der Waals surface area contributed by atoms with Crippen LogP contribution in [0.1, 0.15) is 60.1 Å². The van der Waals surface area contributed by atoms with Gasteiger partial charge in [0.15, 0.2) is 11.5 Å². The minimum absolute atomic E-state index is 0.0222. The number of allylic oxidation sites excluding steroid dienone is 2. The molecular weight excluding hydrogens is 364 g/mol. The molecule has 2 aromatic carbocycles. The highest BCUT2D eigenvalue weighted by atomic mass is 16.5. The third-order valence-electron chi connectivity index (χ3n) is 6.18. The monoisotopic (exact) mass is 392 g/mol. The number of anilines is 1. The smallest absolute Gasteiger partial charge is 0.251 e. The van der Waals surface area contributed by atoms with Crippen molar-refractivity contribution in [3.05, 3.63) is 65.2 Å². The van der Waals surface area contributed by atoms with Gasteiger partial charge in [0.25, 0.3) is 5.91 Å². The van der Waals surface area contributed by atoms with Crippen molar-refractivity contribution in [1.82, 2.24) is 5.32 Å². The third-order valence-corrected chi connectivity index (χ3v) is 6.18. The highest BCUT2D eigenvalue weighted by Gasteiger charge is 2.38. The summed E-state index contributed by atoms with van der Waals surface area (Å²) in [6.07, 6.45) is 6.35. The lowest BCUT2D eigenvalue weighted by atomic mass is 9.76. The topological polar surface area (TPSA) is 70.6 Å². The average molecular weight is 392 g/mol. The van der Waals surface area contributed by atoms with Gasteiger partial charge >= 0.3 is 0 Å². The maximum atomic E-state index is 12.6. The standard InChI is InChI=1S/C24H28N2O3/c1-4-14(2)25-24(28)16-8-10-20-19(12-16)17-6-5-7-18(17)23(26-20)15-9-11-21(27)22(13-15)29-3/h5-6,8-14,17-18,23,26-27H,4,7H2,1-3H3,(H,25,28). The van der Waals surface area contributed by atoms with E-state index in [0.29, 0.717) is 17.2 Å². The summed E-state index contributed by atoms with van der Waals surface area (Å²) >= 11 is 0. The van der Waals surface area contributed by atoms with Crippen molar-refractivity contribution in [2.75, 3.05) is 12.4 Å². The molecule has 4 rings (SSSR count). The predicted octanol–water partition coefficient (Wildman–Crippen LogP) is 4.76. The van der Waals surface area contributed by atoms with Crippen molar-refractivity contribution >= 4 is 11.6 Å². The molecule has 4 atom stereocenters. The number of ether oxygens (including phenoxy) is 1. The molecule has 2 aliphatic rings. The number of amides is 1. The molecule has 1 heterocycles. The highest BCUT2D eigenvalue weighted by molar-refractivity contribution is 5.95. The summed E-state index contributed by atoms with van der Waals surface area (Å²) in [5, 5.41) is 16.7. The van der Waals surface area contributed by atoms with E-state index in [1.54, 1.807) is 13.2 Å². The fourth-order valence-corrected chi connectivity index (χ4v) is 4.36. The predicted molar refractivity (Wildman–Crippen MR) is 115 cm³/mol. The van der Waals surface area contributed by atoms with Crippen LogP contribution in [0.4, 0.5) is 5.69 Å². The van der Waals surface area contributed by atoms with E-state index in [2.05, 4.69) is 29.7 Å². The Kier molecular flexibility index (Phi) is 5.22. The first-order valence-electron chi connectivity index (χ1n) is 10.3. The quantitative estimate of drug-likeness (QED) is 0.642. The molecule has 2 aromatic rings. The molecule has 4 unspecified atom stereocenters. The summed E-state index contributed by atoms with van der Waals surface area (Å²) in [5.74, 6) is 1.21. The second kappa shape index (κ2) is 7.82. The summed E-state index contributed by atoms with van der Waals surface area (Å²) in [6.45, 7) is 4.08. The molecule has 1 amide bonds. The lowest BCUT2D eigenvalue weighted by molar-refractivity contribution is 0.0939. The largest absolute Gasteiger partial charge is 0.504 e. The van der Waals surface area contributed by atoms with Gasteiger partial charge in [0.05, 0.1) is 13.2 Å². The Morgan fingerprint density at radius 2 is 2.14 bits per heavy atom. The Morgan fingerprint density at radius 3 is 2.90 bits per heavy atom. The van der Waals surface area contributed by atoms with E-state index in [1.807, 2.05) is 37.3 Å². The number of aromatic hydroxyl groups is 1. The molecule has 5 nitrogen and oxygen atoms in total. The van der Waals surface area contributed by atoms with Gasteiger partial charge in [-0.1, -0.05) is 25.1 Å². The van der Waals surface area contributed by atoms with Crippen LogP contribution >= 0.6 is 0 Å². The molecular formula is C24H28N2O3. The van der Waals surface area contributed by atoms with E-state index < -0.39 is 0 Å². The molecule has 1 aliphatic carbocycles. The Bertz CT molecular complexity index is 953. The summed E-state index contributed by atoms with van der Waals surface area (Å²) in [6, 6.07) is 11.7. The molecule has 0 saturated heterocycles. The Morgan fingerprint density at radius 1 is 1.31 bits per heavy atom. The number of benzene rings is 2. The number of rotatable bonds is 5. The Labute approximate surface area is 171 Å². The highest BCUT2D eigenvalue weighted by Crippen LogP contribution is 2.50. The average Bonchev–Trinajstić information content (AvgIpc) is 3.23. The maximum Gasteiger partial charge on any atom is 0.251 e. The number of phenols is 1. The first-order valence-corrected chi connectivity index (χ1v) is 10.3. The summed E-state index contributed by atoms with van der Waals surface area (Å²) in [7, 11) is 1.56. The van der Waals surface area contributed by atoms with Crippen LogP contribution in [0.2, 0.25) is 0 Å².